The monoisotopic (exact) mass is 135 g/mol. The van der Waals surface area contributed by atoms with Gasteiger partial charge in [-0.25, -0.2) is 0 Å². The van der Waals surface area contributed by atoms with Gasteiger partial charge in [0, 0.05) is 17.8 Å². The summed E-state index contributed by atoms with van der Waals surface area (Å²) in [5, 5.41) is 0. The van der Waals surface area contributed by atoms with Gasteiger partial charge in [-0.2, -0.15) is 0 Å². The molecule has 0 unspecified atom stereocenters. The topological polar surface area (TPSA) is 12.4 Å². The van der Waals surface area contributed by atoms with Gasteiger partial charge in [-0.05, 0) is 25.3 Å². The predicted octanol–water partition coefficient (Wildman–Crippen LogP) is 2.56. The fourth-order valence-corrected chi connectivity index (χ4v) is 1.02. The van der Waals surface area contributed by atoms with E-state index in [-0.39, 0.29) is 0 Å². The lowest BCUT2D eigenvalue weighted by atomic mass is 10.1. The summed E-state index contributed by atoms with van der Waals surface area (Å²) in [7, 11) is 0. The summed E-state index contributed by atoms with van der Waals surface area (Å²) in [6.45, 7) is 9.42. The standard InChI is InChI=1S/C9H13N/c1-4-10-9(7(2)3)8-5-6-8/h4,8H,1-2,5-6H2,3H3. The largest absolute Gasteiger partial charge is 0.261 e. The average molecular weight is 135 g/mol. The molecule has 0 radical (unpaired) electrons. The number of nitrogens with zero attached hydrogens (tertiary/aromatic N) is 1. The highest BCUT2D eigenvalue weighted by atomic mass is 14.7. The van der Waals surface area contributed by atoms with Crippen LogP contribution in [0.3, 0.4) is 0 Å². The lowest BCUT2D eigenvalue weighted by Gasteiger charge is -1.99. The summed E-state index contributed by atoms with van der Waals surface area (Å²) < 4.78 is 0. The minimum absolute atomic E-state index is 0.690. The van der Waals surface area contributed by atoms with Crippen LogP contribution in [0.25, 0.3) is 0 Å². The molecule has 1 saturated carbocycles. The molecule has 0 aromatic rings. The van der Waals surface area contributed by atoms with Crippen molar-refractivity contribution in [3.05, 3.63) is 24.9 Å². The highest BCUT2D eigenvalue weighted by molar-refractivity contribution is 6.02. The van der Waals surface area contributed by atoms with Crippen LogP contribution in [0.4, 0.5) is 0 Å². The average Bonchev–Trinajstić information content (AvgIpc) is 2.63. The van der Waals surface area contributed by atoms with Crippen LogP contribution in [-0.4, -0.2) is 5.71 Å². The first-order chi connectivity index (χ1) is 4.75. The summed E-state index contributed by atoms with van der Waals surface area (Å²) in [5.74, 6) is 0.690. The van der Waals surface area contributed by atoms with Gasteiger partial charge in [-0.15, -0.1) is 0 Å². The molecule has 10 heavy (non-hydrogen) atoms. The minimum Gasteiger partial charge on any atom is -0.261 e. The lowest BCUT2D eigenvalue weighted by molar-refractivity contribution is 1.17. The van der Waals surface area contributed by atoms with Crippen LogP contribution in [0, 0.1) is 5.92 Å². The van der Waals surface area contributed by atoms with Crippen molar-refractivity contribution >= 4 is 5.71 Å². The van der Waals surface area contributed by atoms with E-state index in [1.807, 2.05) is 6.92 Å². The van der Waals surface area contributed by atoms with Gasteiger partial charge in [0.05, 0.1) is 0 Å². The molecule has 0 aromatic heterocycles. The van der Waals surface area contributed by atoms with Crippen LogP contribution in [0.15, 0.2) is 29.9 Å². The van der Waals surface area contributed by atoms with E-state index in [1.165, 1.54) is 12.8 Å². The third-order valence-corrected chi connectivity index (χ3v) is 1.63. The quantitative estimate of drug-likeness (QED) is 0.527. The van der Waals surface area contributed by atoms with Gasteiger partial charge in [-0.1, -0.05) is 13.2 Å². The van der Waals surface area contributed by atoms with E-state index >= 15 is 0 Å². The van der Waals surface area contributed by atoms with E-state index in [4.69, 9.17) is 0 Å². The van der Waals surface area contributed by atoms with Crippen molar-refractivity contribution in [2.75, 3.05) is 0 Å². The molecule has 0 saturated heterocycles. The molecule has 1 heteroatoms. The second-order valence-electron chi connectivity index (χ2n) is 2.75. The summed E-state index contributed by atoms with van der Waals surface area (Å²) >= 11 is 0. The first kappa shape index (κ1) is 7.26. The van der Waals surface area contributed by atoms with Crippen LogP contribution in [0.2, 0.25) is 0 Å². The molecule has 0 spiro atoms. The van der Waals surface area contributed by atoms with Crippen molar-refractivity contribution < 1.29 is 0 Å². The van der Waals surface area contributed by atoms with Crippen LogP contribution in [0.5, 0.6) is 0 Å². The molecular weight excluding hydrogens is 122 g/mol. The molecule has 1 fully saturated rings. The summed E-state index contributed by atoms with van der Waals surface area (Å²) in [6, 6.07) is 0. The molecule has 1 nitrogen and oxygen atoms in total. The van der Waals surface area contributed by atoms with E-state index in [9.17, 15) is 0 Å². The summed E-state index contributed by atoms with van der Waals surface area (Å²) in [5.41, 5.74) is 2.23. The fraction of sp³-hybridized carbons (Fsp3) is 0.444. The fourth-order valence-electron chi connectivity index (χ4n) is 1.02. The Kier molecular flexibility index (Phi) is 2.05. The zero-order valence-electron chi connectivity index (χ0n) is 6.43. The second kappa shape index (κ2) is 2.82. The molecule has 0 atom stereocenters. The molecule has 0 N–H and O–H groups in total. The Morgan fingerprint density at radius 1 is 1.60 bits per heavy atom. The molecule has 0 bridgehead atoms. The number of hydrogen-bond donors (Lipinski definition) is 0. The Morgan fingerprint density at radius 2 is 2.20 bits per heavy atom. The van der Waals surface area contributed by atoms with Crippen LogP contribution >= 0.6 is 0 Å². The maximum Gasteiger partial charge on any atom is 0.0457 e. The highest BCUT2D eigenvalue weighted by Crippen LogP contribution is 2.32. The van der Waals surface area contributed by atoms with E-state index in [0.29, 0.717) is 5.92 Å². The van der Waals surface area contributed by atoms with Gasteiger partial charge in [0.25, 0.3) is 0 Å². The Labute approximate surface area is 62.2 Å². The molecule has 0 amide bonds. The normalized spacial score (nSPS) is 18.7. The van der Waals surface area contributed by atoms with Gasteiger partial charge >= 0.3 is 0 Å². The van der Waals surface area contributed by atoms with Crippen molar-refractivity contribution in [3.63, 3.8) is 0 Å². The van der Waals surface area contributed by atoms with Crippen molar-refractivity contribution in [1.82, 2.24) is 0 Å². The molecule has 0 aliphatic heterocycles. The molecule has 54 valence electrons. The van der Waals surface area contributed by atoms with Crippen molar-refractivity contribution in [2.24, 2.45) is 10.9 Å². The van der Waals surface area contributed by atoms with E-state index < -0.39 is 0 Å². The van der Waals surface area contributed by atoms with E-state index in [0.717, 1.165) is 11.3 Å². The number of hydrogen-bond acceptors (Lipinski definition) is 1. The van der Waals surface area contributed by atoms with Crippen LogP contribution in [0.1, 0.15) is 19.8 Å². The van der Waals surface area contributed by atoms with Gasteiger partial charge in [0.2, 0.25) is 0 Å². The summed E-state index contributed by atoms with van der Waals surface area (Å²) in [6.07, 6.45) is 4.15. The van der Waals surface area contributed by atoms with Crippen LogP contribution in [-0.2, 0) is 0 Å². The van der Waals surface area contributed by atoms with Gasteiger partial charge < -0.3 is 0 Å². The molecule has 1 rings (SSSR count). The van der Waals surface area contributed by atoms with E-state index in [1.54, 1.807) is 6.20 Å². The Balaban J connectivity index is 2.67. The molecule has 1 aliphatic rings. The van der Waals surface area contributed by atoms with Crippen molar-refractivity contribution in [3.8, 4) is 0 Å². The molecule has 0 heterocycles. The van der Waals surface area contributed by atoms with Crippen molar-refractivity contribution in [2.45, 2.75) is 19.8 Å². The Hall–Kier alpha value is -0.850. The number of allylic oxidation sites excluding steroid dienone is 1. The van der Waals surface area contributed by atoms with Crippen LogP contribution < -0.4 is 0 Å². The highest BCUT2D eigenvalue weighted by Gasteiger charge is 2.27. The first-order valence-electron chi connectivity index (χ1n) is 3.60. The maximum atomic E-state index is 4.17. The first-order valence-corrected chi connectivity index (χ1v) is 3.60. The molecule has 1 aliphatic carbocycles. The van der Waals surface area contributed by atoms with E-state index in [2.05, 4.69) is 18.2 Å². The molecular formula is C9H13N. The van der Waals surface area contributed by atoms with Gasteiger partial charge in [-0.3, -0.25) is 4.99 Å². The smallest absolute Gasteiger partial charge is 0.0457 e. The van der Waals surface area contributed by atoms with Gasteiger partial charge in [0.1, 0.15) is 0 Å². The molecule has 0 aromatic carbocycles. The second-order valence-corrected chi connectivity index (χ2v) is 2.75. The lowest BCUT2D eigenvalue weighted by Crippen LogP contribution is -2.00. The zero-order chi connectivity index (χ0) is 7.56. The summed E-state index contributed by atoms with van der Waals surface area (Å²) in [4.78, 5) is 4.17. The van der Waals surface area contributed by atoms with Gasteiger partial charge in [0.15, 0.2) is 0 Å². The third kappa shape index (κ3) is 1.56. The third-order valence-electron chi connectivity index (χ3n) is 1.63. The zero-order valence-corrected chi connectivity index (χ0v) is 6.43. The predicted molar refractivity (Wildman–Crippen MR) is 45.2 cm³/mol. The number of aliphatic imine (C=N–C) groups is 1. The Bertz CT molecular complexity index is 185. The minimum atomic E-state index is 0.690. The van der Waals surface area contributed by atoms with Crippen molar-refractivity contribution in [1.29, 1.82) is 0 Å². The SMILES string of the molecule is C=CN=C(C(=C)C)C1CC1. The Morgan fingerprint density at radius 3 is 2.50 bits per heavy atom. The maximum absolute atomic E-state index is 4.17. The number of rotatable bonds is 3.